The predicted molar refractivity (Wildman–Crippen MR) is 145 cm³/mol. The van der Waals surface area contributed by atoms with Gasteiger partial charge in [-0.2, -0.15) is 0 Å². The molecule has 2 N–H and O–H groups in total. The molecule has 1 fully saturated rings. The zero-order valence-electron chi connectivity index (χ0n) is 22.2. The molecule has 0 spiro atoms. The lowest BCUT2D eigenvalue weighted by Gasteiger charge is -2.32. The van der Waals surface area contributed by atoms with Gasteiger partial charge in [-0.3, -0.25) is 14.4 Å². The van der Waals surface area contributed by atoms with Crippen LogP contribution in [-0.4, -0.2) is 54.2 Å². The molecule has 1 aliphatic rings. The van der Waals surface area contributed by atoms with Crippen LogP contribution in [0, 0.1) is 11.8 Å². The lowest BCUT2D eigenvalue weighted by molar-refractivity contribution is -0.131. The standard InChI is InChI=1S/C29H40N4O3/c1-20(2)28(35)30-24-13-10-12-23(17-24)26(19-33-15-8-9-16-33)32(5)27(34)18-22-11-6-7-14-25(22)31-29(36)21(3)4/h6-7,10-14,17,20-21,26H,8-9,15-16,18-19H2,1-5H3,(H,30,35)(H,31,36). The van der Waals surface area contributed by atoms with E-state index in [-0.39, 0.29) is 42.0 Å². The normalized spacial score (nSPS) is 14.6. The van der Waals surface area contributed by atoms with Crippen molar-refractivity contribution in [2.24, 2.45) is 11.8 Å². The summed E-state index contributed by atoms with van der Waals surface area (Å²) >= 11 is 0. The van der Waals surface area contributed by atoms with E-state index in [2.05, 4.69) is 15.5 Å². The molecule has 0 bridgehead atoms. The Kier molecular flexibility index (Phi) is 9.65. The smallest absolute Gasteiger partial charge is 0.227 e. The number of rotatable bonds is 10. The van der Waals surface area contributed by atoms with Gasteiger partial charge in [0.1, 0.15) is 0 Å². The van der Waals surface area contributed by atoms with Gasteiger partial charge in [-0.15, -0.1) is 0 Å². The molecule has 2 aromatic rings. The second-order valence-corrected chi connectivity index (χ2v) is 10.3. The first-order valence-corrected chi connectivity index (χ1v) is 12.9. The van der Waals surface area contributed by atoms with Crippen molar-refractivity contribution < 1.29 is 14.4 Å². The first-order chi connectivity index (χ1) is 17.2. The Hall–Kier alpha value is -3.19. The molecule has 7 heteroatoms. The molecule has 36 heavy (non-hydrogen) atoms. The molecule has 0 radical (unpaired) electrons. The van der Waals surface area contributed by atoms with E-state index in [4.69, 9.17) is 0 Å². The third kappa shape index (κ3) is 7.40. The van der Waals surface area contributed by atoms with E-state index in [1.165, 1.54) is 0 Å². The summed E-state index contributed by atoms with van der Waals surface area (Å²) in [5.41, 5.74) is 3.19. The molecule has 1 unspecified atom stereocenters. The highest BCUT2D eigenvalue weighted by Crippen LogP contribution is 2.27. The topological polar surface area (TPSA) is 81.8 Å². The number of hydrogen-bond donors (Lipinski definition) is 2. The Balaban J connectivity index is 1.83. The number of amides is 3. The number of hydrogen-bond acceptors (Lipinski definition) is 4. The number of anilines is 2. The molecule has 2 aromatic carbocycles. The van der Waals surface area contributed by atoms with E-state index < -0.39 is 0 Å². The molecule has 1 saturated heterocycles. The number of nitrogens with zero attached hydrogens (tertiary/aromatic N) is 2. The van der Waals surface area contributed by atoms with E-state index >= 15 is 0 Å². The van der Waals surface area contributed by atoms with Crippen LogP contribution in [0.5, 0.6) is 0 Å². The SMILES string of the molecule is CC(C)C(=O)Nc1cccc(C(CN2CCCC2)N(C)C(=O)Cc2ccccc2NC(=O)C(C)C)c1. The van der Waals surface area contributed by atoms with Crippen LogP contribution < -0.4 is 10.6 Å². The van der Waals surface area contributed by atoms with Crippen molar-refractivity contribution in [3.63, 3.8) is 0 Å². The molecule has 0 aliphatic carbocycles. The third-order valence-electron chi connectivity index (χ3n) is 6.70. The molecule has 7 nitrogen and oxygen atoms in total. The summed E-state index contributed by atoms with van der Waals surface area (Å²) in [5.74, 6) is -0.399. The second kappa shape index (κ2) is 12.7. The summed E-state index contributed by atoms with van der Waals surface area (Å²) < 4.78 is 0. The Labute approximate surface area is 215 Å². The predicted octanol–water partition coefficient (Wildman–Crippen LogP) is 4.71. The summed E-state index contributed by atoms with van der Waals surface area (Å²) in [6.07, 6.45) is 2.51. The van der Waals surface area contributed by atoms with E-state index in [1.54, 1.807) is 0 Å². The molecule has 194 valence electrons. The Morgan fingerprint density at radius 1 is 0.889 bits per heavy atom. The molecule has 3 amide bonds. The highest BCUT2D eigenvalue weighted by atomic mass is 16.2. The molecule has 1 atom stereocenters. The van der Waals surface area contributed by atoms with Crippen molar-refractivity contribution in [3.8, 4) is 0 Å². The molecule has 1 heterocycles. The van der Waals surface area contributed by atoms with E-state index in [0.29, 0.717) is 5.69 Å². The van der Waals surface area contributed by atoms with Gasteiger partial charge in [-0.05, 0) is 55.3 Å². The minimum atomic E-state index is -0.163. The molecule has 3 rings (SSSR count). The maximum Gasteiger partial charge on any atom is 0.227 e. The summed E-state index contributed by atoms with van der Waals surface area (Å²) in [6.45, 7) is 10.2. The van der Waals surface area contributed by atoms with Crippen molar-refractivity contribution in [3.05, 3.63) is 59.7 Å². The second-order valence-electron chi connectivity index (χ2n) is 10.3. The van der Waals surface area contributed by atoms with Crippen molar-refractivity contribution in [1.29, 1.82) is 0 Å². The fourth-order valence-electron chi connectivity index (χ4n) is 4.31. The van der Waals surface area contributed by atoms with Crippen LogP contribution in [-0.2, 0) is 20.8 Å². The van der Waals surface area contributed by atoms with Crippen molar-refractivity contribution in [2.75, 3.05) is 37.3 Å². The molecule has 1 aliphatic heterocycles. The number of para-hydroxylation sites is 1. The lowest BCUT2D eigenvalue weighted by atomic mass is 10.0. The summed E-state index contributed by atoms with van der Waals surface area (Å²) in [4.78, 5) is 42.3. The highest BCUT2D eigenvalue weighted by molar-refractivity contribution is 5.94. The summed E-state index contributed by atoms with van der Waals surface area (Å²) in [6, 6.07) is 15.1. The highest BCUT2D eigenvalue weighted by Gasteiger charge is 2.26. The van der Waals surface area contributed by atoms with Gasteiger partial charge in [0.2, 0.25) is 17.7 Å². The van der Waals surface area contributed by atoms with Crippen molar-refractivity contribution in [1.82, 2.24) is 9.80 Å². The molecule has 0 aromatic heterocycles. The molecule has 0 saturated carbocycles. The van der Waals surface area contributed by atoms with Gasteiger partial charge in [-0.1, -0.05) is 58.0 Å². The third-order valence-corrected chi connectivity index (χ3v) is 6.70. The maximum atomic E-state index is 13.5. The zero-order valence-corrected chi connectivity index (χ0v) is 22.2. The molecular weight excluding hydrogens is 452 g/mol. The average molecular weight is 493 g/mol. The van der Waals surface area contributed by atoms with E-state index in [1.807, 2.05) is 88.2 Å². The minimum Gasteiger partial charge on any atom is -0.337 e. The van der Waals surface area contributed by atoms with Gasteiger partial charge in [0.25, 0.3) is 0 Å². The van der Waals surface area contributed by atoms with Crippen LogP contribution in [0.3, 0.4) is 0 Å². The molecular formula is C29H40N4O3. The van der Waals surface area contributed by atoms with Gasteiger partial charge in [-0.25, -0.2) is 0 Å². The number of likely N-dealkylation sites (N-methyl/N-ethyl adjacent to an activating group) is 1. The van der Waals surface area contributed by atoms with Crippen molar-refractivity contribution >= 4 is 29.1 Å². The van der Waals surface area contributed by atoms with Gasteiger partial charge in [0.15, 0.2) is 0 Å². The number of carbonyl (C=O) groups excluding carboxylic acids is 3. The van der Waals surface area contributed by atoms with Crippen LogP contribution in [0.4, 0.5) is 11.4 Å². The van der Waals surface area contributed by atoms with Crippen LogP contribution in [0.1, 0.15) is 57.7 Å². The van der Waals surface area contributed by atoms with E-state index in [9.17, 15) is 14.4 Å². The van der Waals surface area contributed by atoms with Crippen LogP contribution in [0.15, 0.2) is 48.5 Å². The Morgan fingerprint density at radius 3 is 2.19 bits per heavy atom. The Morgan fingerprint density at radius 2 is 1.53 bits per heavy atom. The maximum absolute atomic E-state index is 13.5. The largest absolute Gasteiger partial charge is 0.337 e. The minimum absolute atomic E-state index is 0.0259. The zero-order chi connectivity index (χ0) is 26.2. The first kappa shape index (κ1) is 27.4. The van der Waals surface area contributed by atoms with Crippen molar-refractivity contribution in [2.45, 2.75) is 53.0 Å². The van der Waals surface area contributed by atoms with Crippen LogP contribution >= 0.6 is 0 Å². The monoisotopic (exact) mass is 492 g/mol. The van der Waals surface area contributed by atoms with E-state index in [0.717, 1.165) is 49.3 Å². The number of likely N-dealkylation sites (tertiary alicyclic amines) is 1. The van der Waals surface area contributed by atoms with Gasteiger partial charge in [0, 0.05) is 36.8 Å². The lowest BCUT2D eigenvalue weighted by Crippen LogP contribution is -2.39. The van der Waals surface area contributed by atoms with Crippen LogP contribution in [0.2, 0.25) is 0 Å². The number of nitrogens with one attached hydrogen (secondary N) is 2. The van der Waals surface area contributed by atoms with Gasteiger partial charge in [0.05, 0.1) is 12.5 Å². The fraction of sp³-hybridized carbons (Fsp3) is 0.483. The first-order valence-electron chi connectivity index (χ1n) is 12.9. The average Bonchev–Trinajstić information content (AvgIpc) is 3.36. The van der Waals surface area contributed by atoms with Crippen LogP contribution in [0.25, 0.3) is 0 Å². The van der Waals surface area contributed by atoms with Gasteiger partial charge < -0.3 is 20.4 Å². The summed E-state index contributed by atoms with van der Waals surface area (Å²) in [5, 5.41) is 5.93. The summed E-state index contributed by atoms with van der Waals surface area (Å²) in [7, 11) is 1.84. The number of carbonyl (C=O) groups is 3. The van der Waals surface area contributed by atoms with Gasteiger partial charge >= 0.3 is 0 Å². The fourth-order valence-corrected chi connectivity index (χ4v) is 4.31. The Bertz CT molecular complexity index is 1060. The quantitative estimate of drug-likeness (QED) is 0.503. The number of benzene rings is 2.